The number of carbonyl (C=O) groups excluding carboxylic acids is 1. The van der Waals surface area contributed by atoms with E-state index < -0.39 is 0 Å². The van der Waals surface area contributed by atoms with E-state index in [1.165, 1.54) is 0 Å². The Morgan fingerprint density at radius 2 is 2.24 bits per heavy atom. The van der Waals surface area contributed by atoms with Crippen LogP contribution in [0.2, 0.25) is 0 Å². The van der Waals surface area contributed by atoms with E-state index in [1.807, 2.05) is 11.9 Å². The van der Waals surface area contributed by atoms with Crippen LogP contribution in [0.1, 0.15) is 19.7 Å². The Labute approximate surface area is 124 Å². The van der Waals surface area contributed by atoms with Gasteiger partial charge in [0.25, 0.3) is 0 Å². The van der Waals surface area contributed by atoms with E-state index in [-0.39, 0.29) is 5.91 Å². The van der Waals surface area contributed by atoms with Crippen LogP contribution in [0.15, 0.2) is 22.6 Å². The standard InChI is InChI=1S/C15H22N4O2/c1-10(2)7-17-14(20)8-19(3)9-15-18-12-6-11(16)4-5-13(12)21-15/h4-6,10H,7-9,16H2,1-3H3,(H,17,20). The molecule has 2 aromatic rings. The molecular weight excluding hydrogens is 268 g/mol. The molecule has 0 aliphatic rings. The molecule has 2 rings (SSSR count). The van der Waals surface area contributed by atoms with E-state index in [4.69, 9.17) is 10.2 Å². The number of nitrogen functional groups attached to an aromatic ring is 1. The number of hydrogen-bond acceptors (Lipinski definition) is 5. The van der Waals surface area contributed by atoms with Gasteiger partial charge in [0.15, 0.2) is 5.58 Å². The Balaban J connectivity index is 1.91. The maximum Gasteiger partial charge on any atom is 0.234 e. The van der Waals surface area contributed by atoms with Gasteiger partial charge >= 0.3 is 0 Å². The number of likely N-dealkylation sites (N-methyl/N-ethyl adjacent to an activating group) is 1. The quantitative estimate of drug-likeness (QED) is 0.790. The number of nitrogens with one attached hydrogen (secondary N) is 1. The van der Waals surface area contributed by atoms with Gasteiger partial charge in [-0.2, -0.15) is 0 Å². The molecule has 6 nitrogen and oxygen atoms in total. The van der Waals surface area contributed by atoms with Crippen LogP contribution in [-0.2, 0) is 11.3 Å². The van der Waals surface area contributed by atoms with Gasteiger partial charge in [-0.15, -0.1) is 0 Å². The average molecular weight is 290 g/mol. The predicted molar refractivity (Wildman–Crippen MR) is 82.6 cm³/mol. The molecule has 6 heteroatoms. The molecule has 0 aliphatic heterocycles. The topological polar surface area (TPSA) is 84.4 Å². The first kappa shape index (κ1) is 15.3. The third-order valence-corrected chi connectivity index (χ3v) is 2.98. The molecule has 0 saturated carbocycles. The van der Waals surface area contributed by atoms with Gasteiger partial charge in [-0.25, -0.2) is 4.98 Å². The number of nitrogens with zero attached hydrogens (tertiary/aromatic N) is 2. The summed E-state index contributed by atoms with van der Waals surface area (Å²) in [5.74, 6) is 1.03. The maximum absolute atomic E-state index is 11.7. The lowest BCUT2D eigenvalue weighted by atomic mass is 10.2. The molecule has 0 atom stereocenters. The summed E-state index contributed by atoms with van der Waals surface area (Å²) < 4.78 is 5.63. The Hall–Kier alpha value is -2.08. The zero-order valence-electron chi connectivity index (χ0n) is 12.7. The molecule has 0 bridgehead atoms. The molecular formula is C15H22N4O2. The molecule has 0 radical (unpaired) electrons. The second-order valence-electron chi connectivity index (χ2n) is 5.70. The van der Waals surface area contributed by atoms with E-state index >= 15 is 0 Å². The highest BCUT2D eigenvalue weighted by molar-refractivity contribution is 5.78. The molecule has 114 valence electrons. The number of rotatable bonds is 6. The molecule has 1 heterocycles. The zero-order chi connectivity index (χ0) is 15.4. The summed E-state index contributed by atoms with van der Waals surface area (Å²) in [5.41, 5.74) is 7.81. The van der Waals surface area contributed by atoms with E-state index in [0.29, 0.717) is 42.7 Å². The van der Waals surface area contributed by atoms with Gasteiger partial charge in [-0.1, -0.05) is 13.8 Å². The van der Waals surface area contributed by atoms with Crippen LogP contribution in [0.4, 0.5) is 5.69 Å². The van der Waals surface area contributed by atoms with Crippen molar-refractivity contribution in [3.05, 3.63) is 24.1 Å². The van der Waals surface area contributed by atoms with Crippen LogP contribution in [-0.4, -0.2) is 35.9 Å². The van der Waals surface area contributed by atoms with Crippen molar-refractivity contribution < 1.29 is 9.21 Å². The Bertz CT molecular complexity index is 621. The van der Waals surface area contributed by atoms with Crippen molar-refractivity contribution in [2.45, 2.75) is 20.4 Å². The monoisotopic (exact) mass is 290 g/mol. The van der Waals surface area contributed by atoms with Crippen molar-refractivity contribution in [2.24, 2.45) is 5.92 Å². The molecule has 0 aliphatic carbocycles. The highest BCUT2D eigenvalue weighted by Crippen LogP contribution is 2.18. The van der Waals surface area contributed by atoms with Crippen molar-refractivity contribution in [2.75, 3.05) is 25.9 Å². The number of fused-ring (bicyclic) bond motifs is 1. The number of anilines is 1. The summed E-state index contributed by atoms with van der Waals surface area (Å²) in [6.07, 6.45) is 0. The Morgan fingerprint density at radius 3 is 2.95 bits per heavy atom. The van der Waals surface area contributed by atoms with Crippen LogP contribution in [0, 0.1) is 5.92 Å². The fourth-order valence-electron chi connectivity index (χ4n) is 1.97. The molecule has 1 amide bonds. The van der Waals surface area contributed by atoms with Gasteiger partial charge in [0, 0.05) is 12.2 Å². The number of oxazole rings is 1. The maximum atomic E-state index is 11.7. The molecule has 3 N–H and O–H groups in total. The molecule has 21 heavy (non-hydrogen) atoms. The molecule has 0 spiro atoms. The predicted octanol–water partition coefficient (Wildman–Crippen LogP) is 1.61. The van der Waals surface area contributed by atoms with Crippen LogP contribution in [0.5, 0.6) is 0 Å². The summed E-state index contributed by atoms with van der Waals surface area (Å²) in [6, 6.07) is 5.36. The number of carbonyl (C=O) groups is 1. The minimum atomic E-state index is 0.00607. The van der Waals surface area contributed by atoms with E-state index in [9.17, 15) is 4.79 Å². The van der Waals surface area contributed by atoms with Crippen LogP contribution < -0.4 is 11.1 Å². The van der Waals surface area contributed by atoms with Crippen molar-refractivity contribution in [1.82, 2.24) is 15.2 Å². The lowest BCUT2D eigenvalue weighted by Crippen LogP contribution is -2.36. The Morgan fingerprint density at radius 1 is 1.48 bits per heavy atom. The first-order chi connectivity index (χ1) is 9.94. The SMILES string of the molecule is CC(C)CNC(=O)CN(C)Cc1nc2cc(N)ccc2o1. The number of hydrogen-bond donors (Lipinski definition) is 2. The first-order valence-electron chi connectivity index (χ1n) is 7.04. The number of benzene rings is 1. The minimum Gasteiger partial charge on any atom is -0.439 e. The lowest BCUT2D eigenvalue weighted by molar-refractivity contribution is -0.122. The second kappa shape index (κ2) is 6.58. The normalized spacial score (nSPS) is 11.5. The number of aromatic nitrogens is 1. The van der Waals surface area contributed by atoms with Crippen LogP contribution >= 0.6 is 0 Å². The van der Waals surface area contributed by atoms with Crippen molar-refractivity contribution in [3.63, 3.8) is 0 Å². The summed E-state index contributed by atoms with van der Waals surface area (Å²) in [7, 11) is 1.86. The van der Waals surface area contributed by atoms with Crippen LogP contribution in [0.25, 0.3) is 11.1 Å². The molecule has 1 aromatic heterocycles. The number of nitrogens with two attached hydrogens (primary N) is 1. The van der Waals surface area contributed by atoms with Crippen molar-refractivity contribution >= 4 is 22.7 Å². The molecule has 1 aromatic carbocycles. The third-order valence-electron chi connectivity index (χ3n) is 2.98. The van der Waals surface area contributed by atoms with Crippen LogP contribution in [0.3, 0.4) is 0 Å². The van der Waals surface area contributed by atoms with Crippen molar-refractivity contribution in [1.29, 1.82) is 0 Å². The molecule has 0 saturated heterocycles. The van der Waals surface area contributed by atoms with E-state index in [0.717, 1.165) is 5.52 Å². The fourth-order valence-corrected chi connectivity index (χ4v) is 1.97. The van der Waals surface area contributed by atoms with Gasteiger partial charge in [-0.3, -0.25) is 9.69 Å². The highest BCUT2D eigenvalue weighted by Gasteiger charge is 2.11. The summed E-state index contributed by atoms with van der Waals surface area (Å²) >= 11 is 0. The largest absolute Gasteiger partial charge is 0.439 e. The molecule has 0 fully saturated rings. The summed E-state index contributed by atoms with van der Waals surface area (Å²) in [4.78, 5) is 18.0. The van der Waals surface area contributed by atoms with E-state index in [2.05, 4.69) is 24.1 Å². The fraction of sp³-hybridized carbons (Fsp3) is 0.467. The number of amides is 1. The average Bonchev–Trinajstić information content (AvgIpc) is 2.77. The Kier molecular flexibility index (Phi) is 4.80. The highest BCUT2D eigenvalue weighted by atomic mass is 16.3. The summed E-state index contributed by atoms with van der Waals surface area (Å²) in [6.45, 7) is 5.61. The van der Waals surface area contributed by atoms with Crippen molar-refractivity contribution in [3.8, 4) is 0 Å². The van der Waals surface area contributed by atoms with Gasteiger partial charge < -0.3 is 15.5 Å². The first-order valence-corrected chi connectivity index (χ1v) is 7.04. The third kappa shape index (κ3) is 4.46. The van der Waals surface area contributed by atoms with Gasteiger partial charge in [0.05, 0.1) is 13.1 Å². The molecule has 0 unspecified atom stereocenters. The second-order valence-corrected chi connectivity index (χ2v) is 5.70. The summed E-state index contributed by atoms with van der Waals surface area (Å²) in [5, 5.41) is 2.88. The van der Waals surface area contributed by atoms with Gasteiger partial charge in [0.1, 0.15) is 5.52 Å². The van der Waals surface area contributed by atoms with Gasteiger partial charge in [-0.05, 0) is 31.2 Å². The van der Waals surface area contributed by atoms with Gasteiger partial charge in [0.2, 0.25) is 11.8 Å². The minimum absolute atomic E-state index is 0.00607. The smallest absolute Gasteiger partial charge is 0.234 e. The zero-order valence-corrected chi connectivity index (χ0v) is 12.7. The lowest BCUT2D eigenvalue weighted by Gasteiger charge is -2.14. The van der Waals surface area contributed by atoms with E-state index in [1.54, 1.807) is 18.2 Å².